The van der Waals surface area contributed by atoms with Gasteiger partial charge in [0.25, 0.3) is 0 Å². The smallest absolute Gasteiger partial charge is 0.323 e. The van der Waals surface area contributed by atoms with Gasteiger partial charge in [-0.2, -0.15) is 0 Å². The number of carbonyl (C=O) groups is 1. The third-order valence-corrected chi connectivity index (χ3v) is 3.23. The zero-order valence-corrected chi connectivity index (χ0v) is 9.42. The molecule has 1 saturated heterocycles. The molecular weight excluding hydrogens is 178 g/mol. The summed E-state index contributed by atoms with van der Waals surface area (Å²) in [6.07, 6.45) is 2.89. The van der Waals surface area contributed by atoms with Crippen molar-refractivity contribution in [2.75, 3.05) is 13.1 Å². The molecule has 0 aromatic carbocycles. The molecule has 0 bridgehead atoms. The first-order valence-electron chi connectivity index (χ1n) is 5.45. The first-order valence-corrected chi connectivity index (χ1v) is 5.45. The molecular formula is C11H21NO2. The second kappa shape index (κ2) is 4.30. The third-order valence-electron chi connectivity index (χ3n) is 3.23. The Hall–Kier alpha value is -0.570. The summed E-state index contributed by atoms with van der Waals surface area (Å²) >= 11 is 0. The van der Waals surface area contributed by atoms with E-state index in [1.54, 1.807) is 0 Å². The van der Waals surface area contributed by atoms with Gasteiger partial charge in [0.05, 0.1) is 0 Å². The number of likely N-dealkylation sites (tertiary alicyclic amines) is 1. The molecule has 3 nitrogen and oxygen atoms in total. The van der Waals surface area contributed by atoms with Crippen LogP contribution in [0.15, 0.2) is 0 Å². The first-order chi connectivity index (χ1) is 6.47. The van der Waals surface area contributed by atoms with E-state index in [4.69, 9.17) is 5.11 Å². The fourth-order valence-electron chi connectivity index (χ4n) is 2.03. The standard InChI is InChI=1S/C11H21NO2/c1-9(2)5-8-12-7-4-6-11(12,3)10(13)14/h9H,4-8H2,1-3H3,(H,13,14). The lowest BCUT2D eigenvalue weighted by atomic mass is 9.98. The van der Waals surface area contributed by atoms with Crippen molar-refractivity contribution in [2.45, 2.75) is 45.6 Å². The fourth-order valence-corrected chi connectivity index (χ4v) is 2.03. The van der Waals surface area contributed by atoms with Gasteiger partial charge in [-0.3, -0.25) is 9.69 Å². The molecule has 1 N–H and O–H groups in total. The van der Waals surface area contributed by atoms with Crippen molar-refractivity contribution in [3.05, 3.63) is 0 Å². The zero-order valence-electron chi connectivity index (χ0n) is 9.42. The van der Waals surface area contributed by atoms with E-state index in [1.807, 2.05) is 6.92 Å². The third kappa shape index (κ3) is 2.27. The number of hydrogen-bond donors (Lipinski definition) is 1. The van der Waals surface area contributed by atoms with Crippen molar-refractivity contribution >= 4 is 5.97 Å². The SMILES string of the molecule is CC(C)CCN1CCCC1(C)C(=O)O. The fraction of sp³-hybridized carbons (Fsp3) is 0.909. The maximum Gasteiger partial charge on any atom is 0.323 e. The van der Waals surface area contributed by atoms with Crippen LogP contribution in [0.4, 0.5) is 0 Å². The summed E-state index contributed by atoms with van der Waals surface area (Å²) in [5.41, 5.74) is -0.602. The lowest BCUT2D eigenvalue weighted by Crippen LogP contribution is -2.48. The maximum atomic E-state index is 11.1. The molecule has 1 heterocycles. The molecule has 0 aromatic heterocycles. The molecule has 1 aliphatic rings. The van der Waals surface area contributed by atoms with Crippen molar-refractivity contribution in [3.8, 4) is 0 Å². The highest BCUT2D eigenvalue weighted by atomic mass is 16.4. The number of carboxylic acid groups (broad SMARTS) is 1. The van der Waals surface area contributed by atoms with Crippen LogP contribution in [0.25, 0.3) is 0 Å². The van der Waals surface area contributed by atoms with Crippen LogP contribution in [0, 0.1) is 5.92 Å². The van der Waals surface area contributed by atoms with Crippen molar-refractivity contribution in [2.24, 2.45) is 5.92 Å². The Morgan fingerprint density at radius 3 is 2.71 bits per heavy atom. The lowest BCUT2D eigenvalue weighted by molar-refractivity contribution is -0.148. The summed E-state index contributed by atoms with van der Waals surface area (Å²) in [4.78, 5) is 13.3. The molecule has 0 aliphatic carbocycles. The molecule has 1 aliphatic heterocycles. The maximum absolute atomic E-state index is 11.1. The molecule has 0 aromatic rings. The molecule has 0 spiro atoms. The second-order valence-corrected chi connectivity index (χ2v) is 4.85. The molecule has 1 atom stereocenters. The highest BCUT2D eigenvalue weighted by Crippen LogP contribution is 2.29. The van der Waals surface area contributed by atoms with Crippen molar-refractivity contribution in [1.82, 2.24) is 4.90 Å². The van der Waals surface area contributed by atoms with E-state index in [-0.39, 0.29) is 0 Å². The van der Waals surface area contributed by atoms with E-state index in [1.165, 1.54) is 0 Å². The van der Waals surface area contributed by atoms with Crippen LogP contribution in [-0.4, -0.2) is 34.6 Å². The van der Waals surface area contributed by atoms with Gasteiger partial charge >= 0.3 is 5.97 Å². The van der Waals surface area contributed by atoms with Crippen LogP contribution in [0.1, 0.15) is 40.0 Å². The van der Waals surface area contributed by atoms with Crippen LogP contribution in [0.2, 0.25) is 0 Å². The summed E-state index contributed by atoms with van der Waals surface area (Å²) in [5.74, 6) is -0.0209. The summed E-state index contributed by atoms with van der Waals surface area (Å²) < 4.78 is 0. The Morgan fingerprint density at radius 1 is 1.57 bits per heavy atom. The minimum Gasteiger partial charge on any atom is -0.480 e. The summed E-state index contributed by atoms with van der Waals surface area (Å²) in [6, 6.07) is 0. The summed E-state index contributed by atoms with van der Waals surface area (Å²) in [6.45, 7) is 8.06. The molecule has 0 saturated carbocycles. The van der Waals surface area contributed by atoms with Crippen LogP contribution in [-0.2, 0) is 4.79 Å². The Balaban J connectivity index is 2.55. The number of rotatable bonds is 4. The van der Waals surface area contributed by atoms with Gasteiger partial charge in [0.2, 0.25) is 0 Å². The van der Waals surface area contributed by atoms with Crippen LogP contribution < -0.4 is 0 Å². The van der Waals surface area contributed by atoms with Gasteiger partial charge in [-0.1, -0.05) is 13.8 Å². The minimum absolute atomic E-state index is 0.602. The number of carboxylic acids is 1. The van der Waals surface area contributed by atoms with Crippen molar-refractivity contribution in [3.63, 3.8) is 0 Å². The molecule has 0 amide bonds. The van der Waals surface area contributed by atoms with Gasteiger partial charge < -0.3 is 5.11 Å². The average Bonchev–Trinajstić information content (AvgIpc) is 2.45. The molecule has 1 rings (SSSR count). The van der Waals surface area contributed by atoms with E-state index in [0.29, 0.717) is 5.92 Å². The normalized spacial score (nSPS) is 28.6. The molecule has 0 radical (unpaired) electrons. The van der Waals surface area contributed by atoms with Crippen molar-refractivity contribution < 1.29 is 9.90 Å². The van der Waals surface area contributed by atoms with Gasteiger partial charge in [0.15, 0.2) is 0 Å². The Bertz CT molecular complexity index is 215. The number of nitrogens with zero attached hydrogens (tertiary/aromatic N) is 1. The molecule has 1 unspecified atom stereocenters. The van der Waals surface area contributed by atoms with Gasteiger partial charge in [0.1, 0.15) is 5.54 Å². The Labute approximate surface area is 86.1 Å². The van der Waals surface area contributed by atoms with E-state index >= 15 is 0 Å². The predicted octanol–water partition coefficient (Wildman–Crippen LogP) is 1.97. The van der Waals surface area contributed by atoms with E-state index in [9.17, 15) is 4.79 Å². The Kier molecular flexibility index (Phi) is 3.53. The summed E-state index contributed by atoms with van der Waals surface area (Å²) in [5, 5.41) is 9.17. The highest BCUT2D eigenvalue weighted by Gasteiger charge is 2.42. The van der Waals surface area contributed by atoms with Crippen molar-refractivity contribution in [1.29, 1.82) is 0 Å². The van der Waals surface area contributed by atoms with E-state index in [2.05, 4.69) is 18.7 Å². The largest absolute Gasteiger partial charge is 0.480 e. The Morgan fingerprint density at radius 2 is 2.21 bits per heavy atom. The van der Waals surface area contributed by atoms with Crippen LogP contribution >= 0.6 is 0 Å². The highest BCUT2D eigenvalue weighted by molar-refractivity contribution is 5.78. The lowest BCUT2D eigenvalue weighted by Gasteiger charge is -2.31. The minimum atomic E-state index is -0.668. The summed E-state index contributed by atoms with van der Waals surface area (Å²) in [7, 11) is 0. The second-order valence-electron chi connectivity index (χ2n) is 4.85. The number of aliphatic carboxylic acids is 1. The quantitative estimate of drug-likeness (QED) is 0.752. The molecule has 1 fully saturated rings. The van der Waals surface area contributed by atoms with Gasteiger partial charge in [-0.15, -0.1) is 0 Å². The molecule has 82 valence electrons. The van der Waals surface area contributed by atoms with E-state index in [0.717, 1.165) is 32.4 Å². The first kappa shape index (κ1) is 11.5. The van der Waals surface area contributed by atoms with Crippen LogP contribution in [0.3, 0.4) is 0 Å². The molecule has 3 heteroatoms. The topological polar surface area (TPSA) is 40.5 Å². The zero-order chi connectivity index (χ0) is 10.8. The average molecular weight is 199 g/mol. The monoisotopic (exact) mass is 199 g/mol. The van der Waals surface area contributed by atoms with Gasteiger partial charge in [-0.05, 0) is 45.2 Å². The van der Waals surface area contributed by atoms with Gasteiger partial charge in [-0.25, -0.2) is 0 Å². The van der Waals surface area contributed by atoms with Gasteiger partial charge in [0, 0.05) is 0 Å². The predicted molar refractivity (Wildman–Crippen MR) is 56.3 cm³/mol. The number of hydrogen-bond acceptors (Lipinski definition) is 2. The van der Waals surface area contributed by atoms with Crippen LogP contribution in [0.5, 0.6) is 0 Å². The molecule has 14 heavy (non-hydrogen) atoms. The van der Waals surface area contributed by atoms with E-state index < -0.39 is 11.5 Å².